The Morgan fingerprint density at radius 2 is 1.95 bits per heavy atom. The van der Waals surface area contributed by atoms with Gasteiger partial charge >= 0.3 is 0 Å². The van der Waals surface area contributed by atoms with Gasteiger partial charge in [-0.1, -0.05) is 0 Å². The highest BCUT2D eigenvalue weighted by molar-refractivity contribution is 7.89. The molecule has 0 spiro atoms. The first-order valence-corrected chi connectivity index (χ1v) is 8.12. The van der Waals surface area contributed by atoms with Crippen LogP contribution in [0.1, 0.15) is 20.3 Å². The van der Waals surface area contributed by atoms with Crippen molar-refractivity contribution in [3.8, 4) is 0 Å². The summed E-state index contributed by atoms with van der Waals surface area (Å²) in [5.74, 6) is -0.799. The van der Waals surface area contributed by atoms with Gasteiger partial charge in [-0.05, 0) is 32.0 Å². The standard InChI is InChI=1S/C13H20FN3O3S/c1-3-17(4-2)13(18)7-8-16-21(19,20)10-5-6-11(14)12(15)9-10/h5-6,9,16H,3-4,7-8,15H2,1-2H3. The summed E-state index contributed by atoms with van der Waals surface area (Å²) in [7, 11) is -3.80. The summed E-state index contributed by atoms with van der Waals surface area (Å²) >= 11 is 0. The van der Waals surface area contributed by atoms with Crippen molar-refractivity contribution in [3.05, 3.63) is 24.0 Å². The number of amides is 1. The second-order valence-corrected chi connectivity index (χ2v) is 6.16. The largest absolute Gasteiger partial charge is 0.396 e. The SMILES string of the molecule is CCN(CC)C(=O)CCNS(=O)(=O)c1ccc(F)c(N)c1. The fourth-order valence-electron chi connectivity index (χ4n) is 1.80. The van der Waals surface area contributed by atoms with E-state index in [0.29, 0.717) is 13.1 Å². The number of nitrogen functional groups attached to an aromatic ring is 1. The molecule has 0 aliphatic heterocycles. The molecule has 21 heavy (non-hydrogen) atoms. The molecule has 0 aromatic heterocycles. The minimum atomic E-state index is -3.80. The molecule has 0 heterocycles. The zero-order chi connectivity index (χ0) is 16.0. The predicted octanol–water partition coefficient (Wildman–Crippen LogP) is 0.945. The number of hydrogen-bond acceptors (Lipinski definition) is 4. The molecule has 6 nitrogen and oxygen atoms in total. The van der Waals surface area contributed by atoms with Crippen molar-refractivity contribution < 1.29 is 17.6 Å². The first-order chi connectivity index (χ1) is 9.81. The Kier molecular flexibility index (Phi) is 6.10. The number of nitrogens with one attached hydrogen (secondary N) is 1. The van der Waals surface area contributed by atoms with Gasteiger partial charge in [0.25, 0.3) is 0 Å². The second kappa shape index (κ2) is 7.37. The quantitative estimate of drug-likeness (QED) is 0.732. The molecule has 0 fully saturated rings. The van der Waals surface area contributed by atoms with Crippen LogP contribution in [0.15, 0.2) is 23.1 Å². The number of carbonyl (C=O) groups excluding carboxylic acids is 1. The van der Waals surface area contributed by atoms with E-state index in [9.17, 15) is 17.6 Å². The number of nitrogens with two attached hydrogens (primary N) is 1. The number of nitrogens with zero attached hydrogens (tertiary/aromatic N) is 1. The lowest BCUT2D eigenvalue weighted by Crippen LogP contribution is -2.34. The molecule has 0 atom stereocenters. The summed E-state index contributed by atoms with van der Waals surface area (Å²) in [4.78, 5) is 13.2. The lowest BCUT2D eigenvalue weighted by Gasteiger charge is -2.18. The summed E-state index contributed by atoms with van der Waals surface area (Å²) < 4.78 is 39.3. The fraction of sp³-hybridized carbons (Fsp3) is 0.462. The van der Waals surface area contributed by atoms with E-state index < -0.39 is 15.8 Å². The fourth-order valence-corrected chi connectivity index (χ4v) is 2.87. The Hall–Kier alpha value is -1.67. The highest BCUT2D eigenvalue weighted by atomic mass is 32.2. The Bertz CT molecular complexity index is 601. The summed E-state index contributed by atoms with van der Waals surface area (Å²) in [6, 6.07) is 3.16. The monoisotopic (exact) mass is 317 g/mol. The van der Waals surface area contributed by atoms with Crippen LogP contribution in [0.3, 0.4) is 0 Å². The molecule has 0 saturated heterocycles. The average Bonchev–Trinajstić information content (AvgIpc) is 2.43. The lowest BCUT2D eigenvalue weighted by atomic mass is 10.3. The molecule has 0 aliphatic carbocycles. The van der Waals surface area contributed by atoms with E-state index in [1.54, 1.807) is 4.90 Å². The van der Waals surface area contributed by atoms with Crippen LogP contribution in [-0.2, 0) is 14.8 Å². The van der Waals surface area contributed by atoms with E-state index >= 15 is 0 Å². The first-order valence-electron chi connectivity index (χ1n) is 6.64. The smallest absolute Gasteiger partial charge is 0.240 e. The predicted molar refractivity (Wildman–Crippen MR) is 78.5 cm³/mol. The van der Waals surface area contributed by atoms with E-state index in [1.165, 1.54) is 0 Å². The average molecular weight is 317 g/mol. The van der Waals surface area contributed by atoms with Crippen molar-refractivity contribution in [1.82, 2.24) is 9.62 Å². The number of anilines is 1. The van der Waals surface area contributed by atoms with Crippen LogP contribution in [0.25, 0.3) is 0 Å². The molecule has 1 rings (SSSR count). The van der Waals surface area contributed by atoms with E-state index in [1.807, 2.05) is 13.8 Å². The van der Waals surface area contributed by atoms with Gasteiger partial charge in [0.05, 0.1) is 10.6 Å². The van der Waals surface area contributed by atoms with Crippen LogP contribution in [0, 0.1) is 5.82 Å². The van der Waals surface area contributed by atoms with Crippen LogP contribution in [0.5, 0.6) is 0 Å². The van der Waals surface area contributed by atoms with Gasteiger partial charge in [-0.25, -0.2) is 17.5 Å². The van der Waals surface area contributed by atoms with E-state index in [0.717, 1.165) is 18.2 Å². The Morgan fingerprint density at radius 1 is 1.33 bits per heavy atom. The zero-order valence-corrected chi connectivity index (χ0v) is 12.9. The van der Waals surface area contributed by atoms with Crippen LogP contribution < -0.4 is 10.5 Å². The van der Waals surface area contributed by atoms with Crippen LogP contribution in [0.4, 0.5) is 10.1 Å². The van der Waals surface area contributed by atoms with Crippen LogP contribution in [0.2, 0.25) is 0 Å². The molecule has 1 aromatic rings. The molecule has 0 radical (unpaired) electrons. The van der Waals surface area contributed by atoms with Gasteiger partial charge < -0.3 is 10.6 Å². The summed E-state index contributed by atoms with van der Waals surface area (Å²) in [6.45, 7) is 4.85. The van der Waals surface area contributed by atoms with Gasteiger partial charge in [-0.3, -0.25) is 4.79 Å². The van der Waals surface area contributed by atoms with Gasteiger partial charge in [0.15, 0.2) is 0 Å². The van der Waals surface area contributed by atoms with Gasteiger partial charge in [-0.2, -0.15) is 0 Å². The Morgan fingerprint density at radius 3 is 2.48 bits per heavy atom. The molecule has 1 aromatic carbocycles. The topological polar surface area (TPSA) is 92.5 Å². The minimum absolute atomic E-state index is 0.0189. The summed E-state index contributed by atoms with van der Waals surface area (Å²) in [5.41, 5.74) is 5.10. The Labute approximate surface area is 124 Å². The lowest BCUT2D eigenvalue weighted by molar-refractivity contribution is -0.130. The molecule has 8 heteroatoms. The van der Waals surface area contributed by atoms with Crippen LogP contribution >= 0.6 is 0 Å². The first kappa shape index (κ1) is 17.4. The number of hydrogen-bond donors (Lipinski definition) is 2. The molecule has 0 saturated carbocycles. The van der Waals surface area contributed by atoms with E-state index in [-0.39, 0.29) is 29.5 Å². The molecule has 118 valence electrons. The maximum absolute atomic E-state index is 13.0. The van der Waals surface area contributed by atoms with E-state index in [4.69, 9.17) is 5.73 Å². The number of rotatable bonds is 7. The number of benzene rings is 1. The molecule has 0 bridgehead atoms. The van der Waals surface area contributed by atoms with E-state index in [2.05, 4.69) is 4.72 Å². The van der Waals surface area contributed by atoms with Crippen LogP contribution in [-0.4, -0.2) is 38.9 Å². The highest BCUT2D eigenvalue weighted by Crippen LogP contribution is 2.16. The zero-order valence-electron chi connectivity index (χ0n) is 12.1. The number of carbonyl (C=O) groups is 1. The second-order valence-electron chi connectivity index (χ2n) is 4.40. The molecular weight excluding hydrogens is 297 g/mol. The third-order valence-corrected chi connectivity index (χ3v) is 4.48. The van der Waals surface area contributed by atoms with Gasteiger partial charge in [0, 0.05) is 26.1 Å². The van der Waals surface area contributed by atoms with Crippen molar-refractivity contribution in [2.24, 2.45) is 0 Å². The molecule has 1 amide bonds. The summed E-state index contributed by atoms with van der Waals surface area (Å²) in [6.07, 6.45) is 0.0671. The van der Waals surface area contributed by atoms with Gasteiger partial charge in [-0.15, -0.1) is 0 Å². The van der Waals surface area contributed by atoms with Gasteiger partial charge in [0.2, 0.25) is 15.9 Å². The number of halogens is 1. The normalized spacial score (nSPS) is 11.4. The molecule has 0 aliphatic rings. The molecule has 3 N–H and O–H groups in total. The third-order valence-electron chi connectivity index (χ3n) is 3.02. The Balaban J connectivity index is 2.65. The maximum atomic E-state index is 13.0. The third kappa shape index (κ3) is 4.68. The summed E-state index contributed by atoms with van der Waals surface area (Å²) in [5, 5.41) is 0. The minimum Gasteiger partial charge on any atom is -0.396 e. The molecule has 0 unspecified atom stereocenters. The van der Waals surface area contributed by atoms with Crippen molar-refractivity contribution in [1.29, 1.82) is 0 Å². The highest BCUT2D eigenvalue weighted by Gasteiger charge is 2.16. The van der Waals surface area contributed by atoms with Crippen molar-refractivity contribution in [3.63, 3.8) is 0 Å². The van der Waals surface area contributed by atoms with Crippen molar-refractivity contribution >= 4 is 21.6 Å². The van der Waals surface area contributed by atoms with Crippen molar-refractivity contribution in [2.75, 3.05) is 25.4 Å². The number of sulfonamides is 1. The maximum Gasteiger partial charge on any atom is 0.240 e. The van der Waals surface area contributed by atoms with Crippen molar-refractivity contribution in [2.45, 2.75) is 25.2 Å². The molecular formula is C13H20FN3O3S. The van der Waals surface area contributed by atoms with Gasteiger partial charge in [0.1, 0.15) is 5.82 Å².